The molecule has 1 aromatic rings. The second-order valence-corrected chi connectivity index (χ2v) is 2.16. The van der Waals surface area contributed by atoms with Gasteiger partial charge in [-0.15, -0.1) is 0 Å². The highest BCUT2D eigenvalue weighted by Gasteiger charge is 2.13. The number of aromatic carboxylic acids is 2. The van der Waals surface area contributed by atoms with Crippen LogP contribution in [-0.4, -0.2) is 22.2 Å². The summed E-state index contributed by atoms with van der Waals surface area (Å²) in [6, 6.07) is 5.48. The lowest BCUT2D eigenvalue weighted by molar-refractivity contribution is 0.0651. The fraction of sp³-hybridized carbons (Fsp3) is 0. The number of hydrogen-bond donors (Lipinski definition) is 2. The third-order valence-electron chi connectivity index (χ3n) is 1.39. The highest BCUT2D eigenvalue weighted by Crippen LogP contribution is 2.07. The molecule has 0 unspecified atom stereocenters. The first kappa shape index (κ1) is 23.6. The van der Waals surface area contributed by atoms with E-state index in [1.54, 1.807) is 0 Å². The number of carboxylic acids is 2. The first-order valence-electron chi connectivity index (χ1n) is 3.18. The van der Waals surface area contributed by atoms with Crippen LogP contribution in [-0.2, 0) is 0 Å². The first-order valence-corrected chi connectivity index (χ1v) is 3.18. The molecule has 16 heavy (non-hydrogen) atoms. The molecule has 0 bridgehead atoms. The van der Waals surface area contributed by atoms with E-state index in [0.717, 1.165) is 0 Å². The van der Waals surface area contributed by atoms with E-state index in [1.165, 1.54) is 24.3 Å². The highest BCUT2D eigenvalue weighted by molar-refractivity contribution is 6.01. The molecule has 0 saturated heterocycles. The topological polar surface area (TPSA) is 74.6 Å². The van der Waals surface area contributed by atoms with Gasteiger partial charge in [0.05, 0.1) is 11.1 Å². The molecule has 4 nitrogen and oxygen atoms in total. The van der Waals surface area contributed by atoms with Crippen LogP contribution in [0, 0.1) is 0 Å². The Morgan fingerprint density at radius 3 is 1.19 bits per heavy atom. The van der Waals surface area contributed by atoms with Crippen LogP contribution in [0.4, 0.5) is 18.8 Å². The minimum atomic E-state index is -1.23. The Morgan fingerprint density at radius 2 is 1.00 bits per heavy atom. The monoisotopic (exact) mass is 246 g/mol. The van der Waals surface area contributed by atoms with Crippen LogP contribution in [0.2, 0.25) is 0 Å². The summed E-state index contributed by atoms with van der Waals surface area (Å²) in [4.78, 5) is 20.9. The molecule has 0 aliphatic rings. The third kappa shape index (κ3) is 4.94. The van der Waals surface area contributed by atoms with Crippen molar-refractivity contribution in [3.63, 3.8) is 0 Å². The van der Waals surface area contributed by atoms with E-state index >= 15 is 0 Å². The maximum atomic E-state index is 10.5. The Labute approximate surface area is 87.0 Å². The molecule has 0 fully saturated rings. The van der Waals surface area contributed by atoms with Crippen LogP contribution in [0.5, 0.6) is 0 Å². The molecule has 0 atom stereocenters. The van der Waals surface area contributed by atoms with Gasteiger partial charge in [0, 0.05) is 0 Å². The molecular weight excluding hydrogens is 236 g/mol. The predicted octanol–water partition coefficient (Wildman–Crippen LogP) is 1.69. The van der Waals surface area contributed by atoms with E-state index < -0.39 is 11.9 Å². The van der Waals surface area contributed by atoms with Gasteiger partial charge in [0.25, 0.3) is 0 Å². The molecular formula is C8H10F4O4. The second-order valence-electron chi connectivity index (χ2n) is 2.16. The van der Waals surface area contributed by atoms with E-state index in [-0.39, 0.29) is 29.9 Å². The van der Waals surface area contributed by atoms with E-state index in [1.807, 2.05) is 0 Å². The maximum Gasteiger partial charge on any atom is 0.336 e. The minimum Gasteiger partial charge on any atom is -0.478 e. The average Bonchev–Trinajstić information content (AvgIpc) is 2.04. The van der Waals surface area contributed by atoms with E-state index in [9.17, 15) is 9.59 Å². The van der Waals surface area contributed by atoms with Gasteiger partial charge in [-0.3, -0.25) is 18.8 Å². The number of carboxylic acid groups (broad SMARTS) is 2. The molecule has 0 aliphatic heterocycles. The predicted molar refractivity (Wildman–Crippen MR) is 50.4 cm³/mol. The lowest BCUT2D eigenvalue weighted by atomic mass is 10.1. The molecule has 0 spiro atoms. The highest BCUT2D eigenvalue weighted by atomic mass is 19.0. The van der Waals surface area contributed by atoms with Crippen LogP contribution < -0.4 is 0 Å². The van der Waals surface area contributed by atoms with Gasteiger partial charge in [-0.05, 0) is 12.1 Å². The quantitative estimate of drug-likeness (QED) is 0.779. The van der Waals surface area contributed by atoms with Gasteiger partial charge in [0.1, 0.15) is 0 Å². The SMILES string of the molecule is F.F.F.F.O=C(O)c1ccccc1C(=O)O. The molecule has 1 rings (SSSR count). The molecule has 0 saturated carbocycles. The number of benzene rings is 1. The zero-order valence-corrected chi connectivity index (χ0v) is 7.65. The van der Waals surface area contributed by atoms with Gasteiger partial charge >= 0.3 is 11.9 Å². The van der Waals surface area contributed by atoms with E-state index in [0.29, 0.717) is 0 Å². The first-order chi connectivity index (χ1) is 5.63. The van der Waals surface area contributed by atoms with Crippen molar-refractivity contribution < 1.29 is 38.6 Å². The zero-order chi connectivity index (χ0) is 9.14. The minimum absolute atomic E-state index is 0. The molecule has 0 radical (unpaired) electrons. The molecule has 0 aromatic heterocycles. The number of rotatable bonds is 2. The van der Waals surface area contributed by atoms with Gasteiger partial charge in [0.2, 0.25) is 0 Å². The van der Waals surface area contributed by atoms with Crippen molar-refractivity contribution in [2.24, 2.45) is 0 Å². The van der Waals surface area contributed by atoms with Crippen molar-refractivity contribution in [2.45, 2.75) is 0 Å². The summed E-state index contributed by atoms with van der Waals surface area (Å²) in [6.07, 6.45) is 0. The molecule has 94 valence electrons. The molecule has 2 N–H and O–H groups in total. The molecule has 1 aromatic carbocycles. The van der Waals surface area contributed by atoms with E-state index in [4.69, 9.17) is 10.2 Å². The van der Waals surface area contributed by atoms with Crippen LogP contribution in [0.3, 0.4) is 0 Å². The standard InChI is InChI=1S/C8H6O4.4FH/c9-7(10)5-3-1-2-4-6(5)8(11)12;;;;/h1-4H,(H,9,10)(H,11,12);4*1H. The summed E-state index contributed by atoms with van der Waals surface area (Å²) in [5.74, 6) is -2.46. The average molecular weight is 246 g/mol. The van der Waals surface area contributed by atoms with Crippen LogP contribution in [0.15, 0.2) is 24.3 Å². The Hall–Kier alpha value is -2.12. The molecule has 8 heteroatoms. The lowest BCUT2D eigenvalue weighted by Crippen LogP contribution is -2.06. The van der Waals surface area contributed by atoms with Crippen molar-refractivity contribution in [3.05, 3.63) is 35.4 Å². The van der Waals surface area contributed by atoms with Crippen LogP contribution >= 0.6 is 0 Å². The largest absolute Gasteiger partial charge is 0.478 e. The van der Waals surface area contributed by atoms with Crippen molar-refractivity contribution in [1.82, 2.24) is 0 Å². The smallest absolute Gasteiger partial charge is 0.336 e. The summed E-state index contributed by atoms with van der Waals surface area (Å²) in [6.45, 7) is 0. The van der Waals surface area contributed by atoms with E-state index in [2.05, 4.69) is 0 Å². The summed E-state index contributed by atoms with van der Waals surface area (Å²) >= 11 is 0. The van der Waals surface area contributed by atoms with Gasteiger partial charge in [0.15, 0.2) is 0 Å². The fourth-order valence-corrected chi connectivity index (χ4v) is 0.856. The Morgan fingerprint density at radius 1 is 0.750 bits per heavy atom. The summed E-state index contributed by atoms with van der Waals surface area (Å²) in [5, 5.41) is 17.1. The van der Waals surface area contributed by atoms with Crippen molar-refractivity contribution >= 4 is 11.9 Å². The van der Waals surface area contributed by atoms with Gasteiger partial charge in [-0.2, -0.15) is 0 Å². The molecule has 0 heterocycles. The van der Waals surface area contributed by atoms with Crippen molar-refractivity contribution in [2.75, 3.05) is 0 Å². The van der Waals surface area contributed by atoms with Crippen LogP contribution in [0.25, 0.3) is 0 Å². The van der Waals surface area contributed by atoms with Crippen molar-refractivity contribution in [1.29, 1.82) is 0 Å². The Bertz CT molecular complexity index is 310. The number of halogens is 4. The second kappa shape index (κ2) is 9.44. The summed E-state index contributed by atoms with van der Waals surface area (Å²) < 4.78 is 0. The maximum absolute atomic E-state index is 10.5. The third-order valence-corrected chi connectivity index (χ3v) is 1.39. The summed E-state index contributed by atoms with van der Waals surface area (Å²) in [7, 11) is 0. The number of hydrogen-bond acceptors (Lipinski definition) is 2. The Kier molecular flexibility index (Phi) is 13.9. The lowest BCUT2D eigenvalue weighted by Gasteiger charge is -1.98. The van der Waals surface area contributed by atoms with Crippen molar-refractivity contribution in [3.8, 4) is 0 Å². The summed E-state index contributed by atoms with van der Waals surface area (Å²) in [5.41, 5.74) is -0.380. The Balaban J connectivity index is -0.000000180. The normalized spacial score (nSPS) is 7.00. The van der Waals surface area contributed by atoms with Gasteiger partial charge in [-0.25, -0.2) is 9.59 Å². The number of carbonyl (C=O) groups is 2. The zero-order valence-electron chi connectivity index (χ0n) is 7.65. The molecule has 0 aliphatic carbocycles. The fourth-order valence-electron chi connectivity index (χ4n) is 0.856. The van der Waals surface area contributed by atoms with Gasteiger partial charge in [-0.1, -0.05) is 12.1 Å². The molecule has 0 amide bonds. The van der Waals surface area contributed by atoms with Crippen LogP contribution in [0.1, 0.15) is 20.7 Å². The van der Waals surface area contributed by atoms with Gasteiger partial charge < -0.3 is 10.2 Å².